The molecular weight excluding hydrogens is 138 g/mol. The Balaban J connectivity index is 2.89. The maximum absolute atomic E-state index is 8.56. The molecule has 0 aromatic rings. The molecule has 1 aliphatic carbocycles. The van der Waals surface area contributed by atoms with Gasteiger partial charge < -0.3 is 5.21 Å². The lowest BCUT2D eigenvalue weighted by atomic mass is 9.79. The molecular formula is C9H14NO. The Morgan fingerprint density at radius 1 is 1.55 bits per heavy atom. The van der Waals surface area contributed by atoms with Crippen LogP contribution in [0, 0.1) is 11.5 Å². The van der Waals surface area contributed by atoms with Crippen LogP contribution in [-0.2, 0) is 0 Å². The molecule has 0 atom stereocenters. The number of hydrogen-bond donors (Lipinski definition) is 1. The second kappa shape index (κ2) is 2.68. The van der Waals surface area contributed by atoms with Crippen molar-refractivity contribution >= 4 is 5.71 Å². The monoisotopic (exact) mass is 152 g/mol. The summed E-state index contributed by atoms with van der Waals surface area (Å²) in [5.74, 6) is 0. The standard InChI is InChI=1S/C9H14NO/c1-7-6-9(2,3)5-4-8(7)10-11/h11H,4-5H2,1-3H3. The highest BCUT2D eigenvalue weighted by Gasteiger charge is 2.23. The molecule has 0 amide bonds. The van der Waals surface area contributed by atoms with Gasteiger partial charge in [-0.05, 0) is 36.8 Å². The molecule has 2 nitrogen and oxygen atoms in total. The van der Waals surface area contributed by atoms with Crippen molar-refractivity contribution in [2.45, 2.75) is 33.6 Å². The van der Waals surface area contributed by atoms with Crippen LogP contribution in [0.4, 0.5) is 0 Å². The molecule has 0 heterocycles. The van der Waals surface area contributed by atoms with E-state index in [2.05, 4.69) is 25.1 Å². The van der Waals surface area contributed by atoms with Crippen LogP contribution in [0.2, 0.25) is 0 Å². The van der Waals surface area contributed by atoms with Crippen LogP contribution in [0.3, 0.4) is 0 Å². The first kappa shape index (κ1) is 8.31. The Hall–Kier alpha value is -0.790. The Kier molecular flexibility index (Phi) is 2.03. The van der Waals surface area contributed by atoms with Crippen LogP contribution >= 0.6 is 0 Å². The average Bonchev–Trinajstić information content (AvgIpc) is 1.86. The third kappa shape index (κ3) is 1.82. The summed E-state index contributed by atoms with van der Waals surface area (Å²) < 4.78 is 0. The van der Waals surface area contributed by atoms with E-state index in [9.17, 15) is 0 Å². The molecule has 1 N–H and O–H groups in total. The van der Waals surface area contributed by atoms with Gasteiger partial charge in [-0.25, -0.2) is 0 Å². The molecule has 0 saturated heterocycles. The molecule has 0 unspecified atom stereocenters. The van der Waals surface area contributed by atoms with Crippen LogP contribution in [-0.4, -0.2) is 10.9 Å². The molecule has 11 heavy (non-hydrogen) atoms. The minimum absolute atomic E-state index is 0.151. The highest BCUT2D eigenvalue weighted by molar-refractivity contribution is 5.99. The van der Waals surface area contributed by atoms with Gasteiger partial charge in [0, 0.05) is 0 Å². The molecule has 0 aliphatic heterocycles. The zero-order valence-corrected chi connectivity index (χ0v) is 7.31. The van der Waals surface area contributed by atoms with Crippen molar-refractivity contribution in [1.29, 1.82) is 0 Å². The summed E-state index contributed by atoms with van der Waals surface area (Å²) in [6, 6.07) is 0. The SMILES string of the molecule is CC1=[C]C(C)(C)CCC1=NO. The molecule has 0 aromatic heterocycles. The normalized spacial score (nSPS) is 26.8. The van der Waals surface area contributed by atoms with E-state index in [4.69, 9.17) is 5.21 Å². The van der Waals surface area contributed by atoms with Crippen LogP contribution in [0.15, 0.2) is 10.7 Å². The van der Waals surface area contributed by atoms with E-state index < -0.39 is 0 Å². The number of rotatable bonds is 0. The van der Waals surface area contributed by atoms with E-state index in [1.807, 2.05) is 6.92 Å². The number of nitrogens with zero attached hydrogens (tertiary/aromatic N) is 1. The lowest BCUT2D eigenvalue weighted by molar-refractivity contribution is 0.314. The second-order valence-electron chi connectivity index (χ2n) is 3.68. The van der Waals surface area contributed by atoms with E-state index in [1.165, 1.54) is 0 Å². The van der Waals surface area contributed by atoms with Crippen molar-refractivity contribution in [2.24, 2.45) is 10.6 Å². The largest absolute Gasteiger partial charge is 0.411 e. The lowest BCUT2D eigenvalue weighted by Gasteiger charge is -2.25. The van der Waals surface area contributed by atoms with Crippen LogP contribution < -0.4 is 0 Å². The van der Waals surface area contributed by atoms with Gasteiger partial charge in [-0.15, -0.1) is 0 Å². The van der Waals surface area contributed by atoms with E-state index in [1.54, 1.807) is 0 Å². The van der Waals surface area contributed by atoms with Gasteiger partial charge in [0.1, 0.15) is 0 Å². The Labute approximate surface area is 67.6 Å². The minimum Gasteiger partial charge on any atom is -0.411 e. The quantitative estimate of drug-likeness (QED) is 0.419. The molecule has 2 heteroatoms. The van der Waals surface area contributed by atoms with Gasteiger partial charge in [-0.1, -0.05) is 19.0 Å². The summed E-state index contributed by atoms with van der Waals surface area (Å²) in [6.07, 6.45) is 5.16. The summed E-state index contributed by atoms with van der Waals surface area (Å²) in [7, 11) is 0. The fourth-order valence-electron chi connectivity index (χ4n) is 1.39. The molecule has 61 valence electrons. The zero-order chi connectivity index (χ0) is 8.48. The molecule has 1 radical (unpaired) electrons. The first-order chi connectivity index (χ1) is 5.05. The summed E-state index contributed by atoms with van der Waals surface area (Å²) >= 11 is 0. The molecule has 1 rings (SSSR count). The molecule has 0 fully saturated rings. The number of hydrogen-bond acceptors (Lipinski definition) is 2. The Bertz CT molecular complexity index is 214. The van der Waals surface area contributed by atoms with Gasteiger partial charge in [-0.2, -0.15) is 0 Å². The minimum atomic E-state index is 0.151. The third-order valence-electron chi connectivity index (χ3n) is 2.07. The van der Waals surface area contributed by atoms with E-state index in [0.717, 1.165) is 24.1 Å². The summed E-state index contributed by atoms with van der Waals surface area (Å²) in [5, 5.41) is 11.8. The van der Waals surface area contributed by atoms with Crippen LogP contribution in [0.25, 0.3) is 0 Å². The fraction of sp³-hybridized carbons (Fsp3) is 0.667. The van der Waals surface area contributed by atoms with Crippen molar-refractivity contribution in [2.75, 3.05) is 0 Å². The van der Waals surface area contributed by atoms with Crippen molar-refractivity contribution in [3.8, 4) is 0 Å². The van der Waals surface area contributed by atoms with Gasteiger partial charge in [-0.3, -0.25) is 0 Å². The lowest BCUT2D eigenvalue weighted by Crippen LogP contribution is -2.19. The van der Waals surface area contributed by atoms with Gasteiger partial charge in [0.2, 0.25) is 0 Å². The number of oxime groups is 1. The highest BCUT2D eigenvalue weighted by Crippen LogP contribution is 2.30. The maximum atomic E-state index is 8.56. The fourth-order valence-corrected chi connectivity index (χ4v) is 1.39. The number of allylic oxidation sites excluding steroid dienone is 2. The average molecular weight is 152 g/mol. The van der Waals surface area contributed by atoms with Crippen molar-refractivity contribution in [3.63, 3.8) is 0 Å². The highest BCUT2D eigenvalue weighted by atomic mass is 16.4. The van der Waals surface area contributed by atoms with Crippen molar-refractivity contribution < 1.29 is 5.21 Å². The van der Waals surface area contributed by atoms with Gasteiger partial charge >= 0.3 is 0 Å². The van der Waals surface area contributed by atoms with E-state index in [-0.39, 0.29) is 5.41 Å². The molecule has 0 saturated carbocycles. The first-order valence-electron chi connectivity index (χ1n) is 3.88. The summed E-state index contributed by atoms with van der Waals surface area (Å²) in [5.41, 5.74) is 1.92. The first-order valence-corrected chi connectivity index (χ1v) is 3.88. The second-order valence-corrected chi connectivity index (χ2v) is 3.68. The van der Waals surface area contributed by atoms with E-state index >= 15 is 0 Å². The maximum Gasteiger partial charge on any atom is 0.0828 e. The Morgan fingerprint density at radius 2 is 2.18 bits per heavy atom. The summed E-state index contributed by atoms with van der Waals surface area (Å²) in [4.78, 5) is 0. The zero-order valence-electron chi connectivity index (χ0n) is 7.31. The van der Waals surface area contributed by atoms with Crippen LogP contribution in [0.1, 0.15) is 33.6 Å². The molecule has 0 spiro atoms. The van der Waals surface area contributed by atoms with Gasteiger partial charge in [0.15, 0.2) is 0 Å². The topological polar surface area (TPSA) is 32.6 Å². The molecule has 0 aromatic carbocycles. The van der Waals surface area contributed by atoms with Gasteiger partial charge in [0.25, 0.3) is 0 Å². The molecule has 1 aliphatic rings. The van der Waals surface area contributed by atoms with Crippen molar-refractivity contribution in [3.05, 3.63) is 11.6 Å². The molecule has 0 bridgehead atoms. The van der Waals surface area contributed by atoms with Crippen LogP contribution in [0.5, 0.6) is 0 Å². The smallest absolute Gasteiger partial charge is 0.0828 e. The predicted molar refractivity (Wildman–Crippen MR) is 44.7 cm³/mol. The van der Waals surface area contributed by atoms with Gasteiger partial charge in [0.05, 0.1) is 5.71 Å². The summed E-state index contributed by atoms with van der Waals surface area (Å²) in [6.45, 7) is 6.23. The Morgan fingerprint density at radius 3 is 2.64 bits per heavy atom. The predicted octanol–water partition coefficient (Wildman–Crippen LogP) is 2.39. The van der Waals surface area contributed by atoms with E-state index in [0.29, 0.717) is 0 Å². The van der Waals surface area contributed by atoms with Crippen molar-refractivity contribution in [1.82, 2.24) is 0 Å². The third-order valence-corrected chi connectivity index (χ3v) is 2.07.